The molecule has 1 radical (unpaired) electrons. The molecule has 97 valence electrons. The van der Waals surface area contributed by atoms with E-state index in [1.807, 2.05) is 0 Å². The van der Waals surface area contributed by atoms with Gasteiger partial charge in [0.2, 0.25) is 0 Å². The van der Waals surface area contributed by atoms with Crippen LogP contribution in [-0.4, -0.2) is 50.7 Å². The Labute approximate surface area is 109 Å². The minimum atomic E-state index is -0.151. The summed E-state index contributed by atoms with van der Waals surface area (Å²) in [7, 11) is 0. The van der Waals surface area contributed by atoms with E-state index >= 15 is 0 Å². The Bertz CT molecular complexity index is 367. The Kier molecular flexibility index (Phi) is 3.61. The molecule has 2 aliphatic rings. The molecule has 0 aliphatic carbocycles. The number of benzene rings is 1. The van der Waals surface area contributed by atoms with Gasteiger partial charge in [-0.05, 0) is 5.56 Å². The molecular formula is C14H21N4. The van der Waals surface area contributed by atoms with E-state index in [9.17, 15) is 0 Å². The van der Waals surface area contributed by atoms with Gasteiger partial charge in [-0.2, -0.15) is 0 Å². The second kappa shape index (κ2) is 5.36. The van der Waals surface area contributed by atoms with Crippen LogP contribution in [0, 0.1) is 0 Å². The number of rotatable bonds is 2. The highest BCUT2D eigenvalue weighted by atomic mass is 15.4. The van der Waals surface area contributed by atoms with Crippen LogP contribution in [0.1, 0.15) is 5.56 Å². The zero-order valence-electron chi connectivity index (χ0n) is 10.7. The van der Waals surface area contributed by atoms with Gasteiger partial charge in [-0.3, -0.25) is 4.90 Å². The fourth-order valence-corrected chi connectivity index (χ4v) is 2.97. The van der Waals surface area contributed by atoms with Crippen molar-refractivity contribution in [1.29, 1.82) is 0 Å². The second-order valence-corrected chi connectivity index (χ2v) is 4.98. The normalized spacial score (nSPS) is 30.2. The summed E-state index contributed by atoms with van der Waals surface area (Å²) in [5, 5.41) is 11.9. The molecular weight excluding hydrogens is 224 g/mol. The van der Waals surface area contributed by atoms with Crippen molar-refractivity contribution in [3.63, 3.8) is 0 Å². The van der Waals surface area contributed by atoms with Crippen LogP contribution in [0.2, 0.25) is 0 Å². The number of piperazine rings is 2. The first kappa shape index (κ1) is 12.1. The summed E-state index contributed by atoms with van der Waals surface area (Å²) in [5.41, 5.74) is 1.17. The molecule has 2 heterocycles. The molecule has 0 spiro atoms. The van der Waals surface area contributed by atoms with E-state index in [4.69, 9.17) is 5.32 Å². The van der Waals surface area contributed by atoms with Crippen LogP contribution < -0.4 is 16.0 Å². The van der Waals surface area contributed by atoms with Crippen molar-refractivity contribution in [2.75, 3.05) is 45.8 Å². The maximum atomic E-state index is 4.99. The van der Waals surface area contributed by atoms with Crippen LogP contribution >= 0.6 is 0 Å². The first-order valence-electron chi connectivity index (χ1n) is 6.82. The fraction of sp³-hybridized carbons (Fsp3) is 0.571. The molecule has 1 unspecified atom stereocenters. The third kappa shape index (κ3) is 2.17. The number of hydrogen-bond acceptors (Lipinski definition) is 3. The van der Waals surface area contributed by atoms with Gasteiger partial charge >= 0.3 is 0 Å². The summed E-state index contributed by atoms with van der Waals surface area (Å²) in [6.07, 6.45) is 0. The van der Waals surface area contributed by atoms with Crippen molar-refractivity contribution >= 4 is 0 Å². The van der Waals surface area contributed by atoms with Gasteiger partial charge in [0.15, 0.2) is 0 Å². The lowest BCUT2D eigenvalue weighted by Crippen LogP contribution is -2.65. The SMILES string of the molecule is c1ccc(C2(N3CCNCC3)CNCC[N]2)cc1. The molecule has 1 aromatic rings. The Morgan fingerprint density at radius 1 is 1.00 bits per heavy atom. The summed E-state index contributed by atoms with van der Waals surface area (Å²) in [6, 6.07) is 10.7. The van der Waals surface area contributed by atoms with Gasteiger partial charge in [-0.25, -0.2) is 5.32 Å². The molecule has 4 heteroatoms. The predicted octanol–water partition coefficient (Wildman–Crippen LogP) is -0.0478. The van der Waals surface area contributed by atoms with E-state index < -0.39 is 0 Å². The number of hydrogen-bond donors (Lipinski definition) is 2. The zero-order chi connectivity index (χ0) is 12.3. The maximum Gasteiger partial charge on any atom is 0.126 e. The summed E-state index contributed by atoms with van der Waals surface area (Å²) < 4.78 is 0. The van der Waals surface area contributed by atoms with Gasteiger partial charge in [0.25, 0.3) is 0 Å². The average Bonchev–Trinajstić information content (AvgIpc) is 2.50. The van der Waals surface area contributed by atoms with Crippen molar-refractivity contribution in [3.8, 4) is 0 Å². The van der Waals surface area contributed by atoms with Crippen LogP contribution in [-0.2, 0) is 5.66 Å². The van der Waals surface area contributed by atoms with E-state index in [0.717, 1.165) is 45.8 Å². The van der Waals surface area contributed by atoms with Gasteiger partial charge in [0.1, 0.15) is 5.66 Å². The molecule has 1 aromatic carbocycles. The first-order chi connectivity index (χ1) is 8.92. The first-order valence-corrected chi connectivity index (χ1v) is 6.82. The Morgan fingerprint density at radius 2 is 1.78 bits per heavy atom. The monoisotopic (exact) mass is 245 g/mol. The topological polar surface area (TPSA) is 41.4 Å². The van der Waals surface area contributed by atoms with Crippen LogP contribution in [0.3, 0.4) is 0 Å². The maximum absolute atomic E-state index is 4.99. The van der Waals surface area contributed by atoms with Crippen LogP contribution in [0.5, 0.6) is 0 Å². The quantitative estimate of drug-likeness (QED) is 0.768. The van der Waals surface area contributed by atoms with Gasteiger partial charge in [0, 0.05) is 45.8 Å². The Morgan fingerprint density at radius 3 is 2.44 bits per heavy atom. The highest BCUT2D eigenvalue weighted by Gasteiger charge is 2.40. The van der Waals surface area contributed by atoms with Crippen LogP contribution in [0.4, 0.5) is 0 Å². The van der Waals surface area contributed by atoms with Crippen LogP contribution in [0.25, 0.3) is 0 Å². The molecule has 0 saturated carbocycles. The van der Waals surface area contributed by atoms with Gasteiger partial charge in [-0.1, -0.05) is 30.3 Å². The predicted molar refractivity (Wildman–Crippen MR) is 72.4 cm³/mol. The molecule has 2 N–H and O–H groups in total. The smallest absolute Gasteiger partial charge is 0.126 e. The van der Waals surface area contributed by atoms with Gasteiger partial charge in [-0.15, -0.1) is 0 Å². The molecule has 4 nitrogen and oxygen atoms in total. The lowest BCUT2D eigenvalue weighted by Gasteiger charge is -2.48. The van der Waals surface area contributed by atoms with Crippen molar-refractivity contribution < 1.29 is 0 Å². The molecule has 3 rings (SSSR count). The van der Waals surface area contributed by atoms with E-state index in [1.54, 1.807) is 0 Å². The lowest BCUT2D eigenvalue weighted by atomic mass is 9.94. The molecule has 0 aromatic heterocycles. The molecule has 1 atom stereocenters. The molecule has 2 aliphatic heterocycles. The third-order valence-electron chi connectivity index (χ3n) is 3.91. The standard InChI is InChI=1S/C14H21N4/c1-2-4-13(5-3-1)14(12-16-6-7-17-14)18-10-8-15-9-11-18/h1-5,15-16H,6-12H2. The number of nitrogens with zero attached hydrogens (tertiary/aromatic N) is 2. The average molecular weight is 245 g/mol. The van der Waals surface area contributed by atoms with Crippen molar-refractivity contribution in [2.24, 2.45) is 0 Å². The zero-order valence-corrected chi connectivity index (χ0v) is 10.7. The van der Waals surface area contributed by atoms with E-state index in [0.29, 0.717) is 0 Å². The number of nitrogens with one attached hydrogen (secondary N) is 2. The summed E-state index contributed by atoms with van der Waals surface area (Å²) in [5.74, 6) is 0. The fourth-order valence-electron chi connectivity index (χ4n) is 2.97. The summed E-state index contributed by atoms with van der Waals surface area (Å²) >= 11 is 0. The van der Waals surface area contributed by atoms with Crippen molar-refractivity contribution in [2.45, 2.75) is 5.66 Å². The minimum absolute atomic E-state index is 0.151. The molecule has 2 saturated heterocycles. The lowest BCUT2D eigenvalue weighted by molar-refractivity contribution is 0.0232. The largest absolute Gasteiger partial charge is 0.314 e. The minimum Gasteiger partial charge on any atom is -0.314 e. The second-order valence-electron chi connectivity index (χ2n) is 4.98. The third-order valence-corrected chi connectivity index (χ3v) is 3.91. The highest BCUT2D eigenvalue weighted by Crippen LogP contribution is 2.28. The van der Waals surface area contributed by atoms with Gasteiger partial charge < -0.3 is 10.6 Å². The highest BCUT2D eigenvalue weighted by molar-refractivity contribution is 5.25. The van der Waals surface area contributed by atoms with E-state index in [1.165, 1.54) is 5.56 Å². The van der Waals surface area contributed by atoms with Crippen LogP contribution in [0.15, 0.2) is 30.3 Å². The summed E-state index contributed by atoms with van der Waals surface area (Å²) in [4.78, 5) is 2.52. The Balaban J connectivity index is 1.92. The van der Waals surface area contributed by atoms with Crippen molar-refractivity contribution in [3.05, 3.63) is 35.9 Å². The van der Waals surface area contributed by atoms with E-state index in [-0.39, 0.29) is 5.66 Å². The molecule has 2 fully saturated rings. The Hall–Kier alpha value is -0.940. The van der Waals surface area contributed by atoms with E-state index in [2.05, 4.69) is 45.9 Å². The van der Waals surface area contributed by atoms with Gasteiger partial charge in [0.05, 0.1) is 0 Å². The molecule has 18 heavy (non-hydrogen) atoms. The molecule has 0 amide bonds. The molecule has 0 bridgehead atoms. The van der Waals surface area contributed by atoms with Crippen molar-refractivity contribution in [1.82, 2.24) is 20.9 Å². The summed E-state index contributed by atoms with van der Waals surface area (Å²) in [6.45, 7) is 7.09.